The maximum Gasteiger partial charge on any atom is 0.0415 e. The molecule has 2 aliphatic rings. The zero-order valence-corrected chi connectivity index (χ0v) is 13.5. The summed E-state index contributed by atoms with van der Waals surface area (Å²) in [5.41, 5.74) is 2.74. The lowest BCUT2D eigenvalue weighted by atomic mass is 10.0. The molecule has 0 bridgehead atoms. The number of hydrogen-bond acceptors (Lipinski definition) is 2. The molecule has 0 radical (unpaired) electrons. The molecule has 104 valence electrons. The summed E-state index contributed by atoms with van der Waals surface area (Å²) in [7, 11) is 0. The molecular weight excluding hydrogens is 300 g/mol. The van der Waals surface area contributed by atoms with Gasteiger partial charge >= 0.3 is 0 Å². The van der Waals surface area contributed by atoms with Gasteiger partial charge in [-0.05, 0) is 56.5 Å². The van der Waals surface area contributed by atoms with Gasteiger partial charge in [0.2, 0.25) is 0 Å². The average molecular weight is 323 g/mol. The van der Waals surface area contributed by atoms with Gasteiger partial charge in [0.25, 0.3) is 0 Å². The third-order valence-electron chi connectivity index (χ3n) is 4.74. The van der Waals surface area contributed by atoms with Crippen LogP contribution < -0.4 is 4.90 Å². The number of rotatable bonds is 2. The Balaban J connectivity index is 1.86. The summed E-state index contributed by atoms with van der Waals surface area (Å²) in [4.78, 5) is 5.35. The van der Waals surface area contributed by atoms with Gasteiger partial charge in [0.1, 0.15) is 0 Å². The Labute approximate surface area is 124 Å². The van der Waals surface area contributed by atoms with E-state index in [1.165, 1.54) is 54.6 Å². The van der Waals surface area contributed by atoms with Crippen LogP contribution in [0.2, 0.25) is 0 Å². The van der Waals surface area contributed by atoms with E-state index in [2.05, 4.69) is 57.8 Å². The fourth-order valence-corrected chi connectivity index (χ4v) is 3.81. The topological polar surface area (TPSA) is 6.48 Å². The Morgan fingerprint density at radius 1 is 1.32 bits per heavy atom. The van der Waals surface area contributed by atoms with E-state index in [1.54, 1.807) is 0 Å². The van der Waals surface area contributed by atoms with E-state index < -0.39 is 0 Å². The van der Waals surface area contributed by atoms with Gasteiger partial charge < -0.3 is 4.90 Å². The molecule has 0 spiro atoms. The monoisotopic (exact) mass is 322 g/mol. The Morgan fingerprint density at radius 3 is 2.89 bits per heavy atom. The van der Waals surface area contributed by atoms with Crippen LogP contribution in [0.1, 0.15) is 31.7 Å². The quantitative estimate of drug-likeness (QED) is 0.816. The summed E-state index contributed by atoms with van der Waals surface area (Å²) in [6, 6.07) is 8.25. The third-order valence-corrected chi connectivity index (χ3v) is 5.63. The Hall–Kier alpha value is -0.540. The van der Waals surface area contributed by atoms with Crippen molar-refractivity contribution in [1.82, 2.24) is 4.90 Å². The number of nitrogens with zero attached hydrogens (tertiary/aromatic N) is 2. The number of halogens is 1. The molecule has 2 fully saturated rings. The van der Waals surface area contributed by atoms with E-state index in [9.17, 15) is 0 Å². The minimum Gasteiger partial charge on any atom is -0.366 e. The maximum atomic E-state index is 3.60. The zero-order chi connectivity index (χ0) is 13.4. The molecule has 0 amide bonds. The summed E-state index contributed by atoms with van der Waals surface area (Å²) in [5.74, 6) is 0. The van der Waals surface area contributed by atoms with Crippen LogP contribution in [0.15, 0.2) is 22.7 Å². The molecular formula is C16H23BrN2. The fraction of sp³-hybridized carbons (Fsp3) is 0.625. The predicted molar refractivity (Wildman–Crippen MR) is 84.9 cm³/mol. The predicted octanol–water partition coefficient (Wildman–Crippen LogP) is 3.82. The highest BCUT2D eigenvalue weighted by atomic mass is 79.9. The van der Waals surface area contributed by atoms with Crippen molar-refractivity contribution in [2.45, 2.75) is 45.2 Å². The molecule has 2 nitrogen and oxygen atoms in total. The molecule has 0 saturated carbocycles. The van der Waals surface area contributed by atoms with Gasteiger partial charge in [-0.25, -0.2) is 0 Å². The number of fused-ring (bicyclic) bond motifs is 1. The maximum absolute atomic E-state index is 3.60. The molecule has 2 unspecified atom stereocenters. The standard InChI is InChI=1S/C16H23BrN2/c1-3-13-10-18-8-4-5-15(18)11-19(13)14-6-7-16(17)12(2)9-14/h6-7,9,13,15H,3-5,8,10-11H2,1-2H3. The van der Waals surface area contributed by atoms with Crippen LogP contribution in [0.5, 0.6) is 0 Å². The summed E-state index contributed by atoms with van der Waals surface area (Å²) < 4.78 is 1.21. The van der Waals surface area contributed by atoms with Crippen LogP contribution in [0.25, 0.3) is 0 Å². The molecule has 1 aromatic rings. The average Bonchev–Trinajstić information content (AvgIpc) is 2.87. The van der Waals surface area contributed by atoms with Crippen LogP contribution in [0.3, 0.4) is 0 Å². The van der Waals surface area contributed by atoms with Gasteiger partial charge in [-0.3, -0.25) is 4.90 Å². The van der Waals surface area contributed by atoms with Crippen molar-refractivity contribution < 1.29 is 0 Å². The highest BCUT2D eigenvalue weighted by molar-refractivity contribution is 9.10. The number of hydrogen-bond donors (Lipinski definition) is 0. The van der Waals surface area contributed by atoms with E-state index in [0.717, 1.165) is 6.04 Å². The van der Waals surface area contributed by atoms with E-state index in [1.807, 2.05) is 0 Å². The Morgan fingerprint density at radius 2 is 2.16 bits per heavy atom. The number of anilines is 1. The van der Waals surface area contributed by atoms with Gasteiger partial charge in [-0.1, -0.05) is 22.9 Å². The minimum absolute atomic E-state index is 0.676. The molecule has 2 saturated heterocycles. The van der Waals surface area contributed by atoms with Crippen molar-refractivity contribution in [3.63, 3.8) is 0 Å². The van der Waals surface area contributed by atoms with Gasteiger partial charge in [-0.2, -0.15) is 0 Å². The molecule has 0 aliphatic carbocycles. The van der Waals surface area contributed by atoms with Gasteiger partial charge in [0.15, 0.2) is 0 Å². The minimum atomic E-state index is 0.676. The van der Waals surface area contributed by atoms with E-state index in [4.69, 9.17) is 0 Å². The summed E-state index contributed by atoms with van der Waals surface area (Å²) in [6.45, 7) is 8.27. The SMILES string of the molecule is CCC1CN2CCCC2CN1c1ccc(Br)c(C)c1. The second kappa shape index (κ2) is 5.45. The zero-order valence-electron chi connectivity index (χ0n) is 11.9. The van der Waals surface area contributed by atoms with Crippen LogP contribution in [-0.2, 0) is 0 Å². The molecule has 0 aromatic heterocycles. The van der Waals surface area contributed by atoms with Crippen LogP contribution in [-0.4, -0.2) is 36.6 Å². The van der Waals surface area contributed by atoms with Crippen molar-refractivity contribution in [2.24, 2.45) is 0 Å². The lowest BCUT2D eigenvalue weighted by Gasteiger charge is -2.45. The van der Waals surface area contributed by atoms with Gasteiger partial charge in [0.05, 0.1) is 0 Å². The van der Waals surface area contributed by atoms with Crippen molar-refractivity contribution in [3.8, 4) is 0 Å². The van der Waals surface area contributed by atoms with Gasteiger partial charge in [0, 0.05) is 35.3 Å². The van der Waals surface area contributed by atoms with Gasteiger partial charge in [-0.15, -0.1) is 0 Å². The largest absolute Gasteiger partial charge is 0.366 e. The fourth-order valence-electron chi connectivity index (χ4n) is 3.56. The number of piperazine rings is 1. The first-order valence-electron chi connectivity index (χ1n) is 7.46. The highest BCUT2D eigenvalue weighted by Crippen LogP contribution is 2.31. The first-order chi connectivity index (χ1) is 9.19. The van der Waals surface area contributed by atoms with Crippen molar-refractivity contribution >= 4 is 21.6 Å². The van der Waals surface area contributed by atoms with Crippen molar-refractivity contribution in [1.29, 1.82) is 0 Å². The Kier molecular flexibility index (Phi) is 3.86. The second-order valence-corrected chi connectivity index (χ2v) is 6.79. The highest BCUT2D eigenvalue weighted by Gasteiger charge is 2.35. The molecule has 3 rings (SSSR count). The lowest BCUT2D eigenvalue weighted by Crippen LogP contribution is -2.56. The molecule has 2 atom stereocenters. The van der Waals surface area contributed by atoms with Crippen LogP contribution >= 0.6 is 15.9 Å². The van der Waals surface area contributed by atoms with Crippen LogP contribution in [0, 0.1) is 6.92 Å². The summed E-state index contributed by atoms with van der Waals surface area (Å²) in [5, 5.41) is 0. The number of aryl methyl sites for hydroxylation is 1. The molecule has 2 aliphatic heterocycles. The normalized spacial score (nSPS) is 27.6. The lowest BCUT2D eigenvalue weighted by molar-refractivity contribution is 0.194. The van der Waals surface area contributed by atoms with E-state index in [0.29, 0.717) is 6.04 Å². The van der Waals surface area contributed by atoms with Crippen LogP contribution in [0.4, 0.5) is 5.69 Å². The summed E-state index contributed by atoms with van der Waals surface area (Å²) >= 11 is 3.60. The first-order valence-corrected chi connectivity index (χ1v) is 8.25. The molecule has 0 N–H and O–H groups in total. The second-order valence-electron chi connectivity index (χ2n) is 5.94. The van der Waals surface area contributed by atoms with Crippen molar-refractivity contribution in [2.75, 3.05) is 24.5 Å². The van der Waals surface area contributed by atoms with E-state index in [-0.39, 0.29) is 0 Å². The molecule has 3 heteroatoms. The summed E-state index contributed by atoms with van der Waals surface area (Å²) in [6.07, 6.45) is 4.00. The van der Waals surface area contributed by atoms with E-state index >= 15 is 0 Å². The smallest absolute Gasteiger partial charge is 0.0415 e. The molecule has 19 heavy (non-hydrogen) atoms. The first kappa shape index (κ1) is 13.4. The molecule has 2 heterocycles. The Bertz CT molecular complexity index is 460. The molecule has 1 aromatic carbocycles. The van der Waals surface area contributed by atoms with Crippen molar-refractivity contribution in [3.05, 3.63) is 28.2 Å². The third kappa shape index (κ3) is 2.55. The number of benzene rings is 1.